The van der Waals surface area contributed by atoms with Crippen LogP contribution in [0.2, 0.25) is 0 Å². The van der Waals surface area contributed by atoms with Crippen LogP contribution < -0.4 is 15.2 Å². The molecule has 1 heterocycles. The van der Waals surface area contributed by atoms with Crippen molar-refractivity contribution < 1.29 is 9.47 Å². The summed E-state index contributed by atoms with van der Waals surface area (Å²) in [5.41, 5.74) is 6.72. The first-order chi connectivity index (χ1) is 10.2. The van der Waals surface area contributed by atoms with Gasteiger partial charge in [-0.3, -0.25) is 0 Å². The first kappa shape index (κ1) is 16.3. The van der Waals surface area contributed by atoms with Crippen LogP contribution in [0.4, 0.5) is 0 Å². The zero-order chi connectivity index (χ0) is 15.2. The van der Waals surface area contributed by atoms with Gasteiger partial charge in [-0.25, -0.2) is 0 Å². The molecule has 0 amide bonds. The molecule has 114 valence electrons. The minimum absolute atomic E-state index is 0.476. The molecule has 2 N–H and O–H groups in total. The Morgan fingerprint density at radius 2 is 1.90 bits per heavy atom. The Hall–Kier alpha value is -1.04. The Balaban J connectivity index is 2.17. The number of halogens is 1. The Bertz CT molecular complexity index is 598. The van der Waals surface area contributed by atoms with E-state index in [1.54, 1.807) is 11.3 Å². The summed E-state index contributed by atoms with van der Waals surface area (Å²) >= 11 is 5.33. The van der Waals surface area contributed by atoms with Crippen molar-refractivity contribution in [3.05, 3.63) is 44.1 Å². The quantitative estimate of drug-likeness (QED) is 0.780. The Kier molecular flexibility index (Phi) is 6.08. The number of nitrogens with two attached hydrogens (primary N) is 1. The van der Waals surface area contributed by atoms with Gasteiger partial charge in [-0.1, -0.05) is 6.92 Å². The lowest BCUT2D eigenvalue weighted by Crippen LogP contribution is -2.02. The molecule has 5 heteroatoms. The summed E-state index contributed by atoms with van der Waals surface area (Å²) in [6.45, 7) is 5.73. The van der Waals surface area contributed by atoms with E-state index in [0.717, 1.165) is 28.0 Å². The molecule has 0 aliphatic heterocycles. The van der Waals surface area contributed by atoms with Crippen molar-refractivity contribution in [1.82, 2.24) is 0 Å². The zero-order valence-electron chi connectivity index (χ0n) is 12.3. The molecule has 0 unspecified atom stereocenters. The summed E-state index contributed by atoms with van der Waals surface area (Å²) in [6.07, 6.45) is 1.06. The van der Waals surface area contributed by atoms with E-state index in [9.17, 15) is 0 Å². The van der Waals surface area contributed by atoms with Gasteiger partial charge in [0.15, 0.2) is 11.5 Å². The lowest BCUT2D eigenvalue weighted by atomic mass is 10.2. The van der Waals surface area contributed by atoms with Crippen molar-refractivity contribution in [1.29, 1.82) is 0 Å². The third kappa shape index (κ3) is 4.22. The SMILES string of the molecule is CCOc1cc(CN)cc(Br)c1OCc1ccc(CC)s1. The number of aryl methyl sites for hydroxylation is 1. The van der Waals surface area contributed by atoms with Gasteiger partial charge in [0.05, 0.1) is 11.1 Å². The average molecular weight is 370 g/mol. The van der Waals surface area contributed by atoms with Crippen LogP contribution in [-0.4, -0.2) is 6.61 Å². The number of hydrogen-bond donors (Lipinski definition) is 1. The normalized spacial score (nSPS) is 10.7. The highest BCUT2D eigenvalue weighted by molar-refractivity contribution is 9.10. The molecular weight excluding hydrogens is 350 g/mol. The molecule has 2 rings (SSSR count). The second kappa shape index (κ2) is 7.82. The maximum absolute atomic E-state index is 5.96. The van der Waals surface area contributed by atoms with Crippen molar-refractivity contribution in [2.24, 2.45) is 5.73 Å². The topological polar surface area (TPSA) is 44.5 Å². The molecule has 0 saturated heterocycles. The van der Waals surface area contributed by atoms with E-state index in [-0.39, 0.29) is 0 Å². The number of rotatable bonds is 7. The van der Waals surface area contributed by atoms with Crippen LogP contribution in [0.1, 0.15) is 29.2 Å². The summed E-state index contributed by atoms with van der Waals surface area (Å²) in [7, 11) is 0. The summed E-state index contributed by atoms with van der Waals surface area (Å²) < 4.78 is 12.5. The fourth-order valence-electron chi connectivity index (χ4n) is 1.98. The largest absolute Gasteiger partial charge is 0.490 e. The third-order valence-electron chi connectivity index (χ3n) is 3.03. The second-order valence-corrected chi connectivity index (χ2v) is 6.66. The minimum atomic E-state index is 0.476. The summed E-state index contributed by atoms with van der Waals surface area (Å²) in [6, 6.07) is 8.19. The van der Waals surface area contributed by atoms with E-state index < -0.39 is 0 Å². The first-order valence-corrected chi connectivity index (χ1v) is 8.64. The lowest BCUT2D eigenvalue weighted by molar-refractivity contribution is 0.269. The monoisotopic (exact) mass is 369 g/mol. The van der Waals surface area contributed by atoms with Crippen LogP contribution in [-0.2, 0) is 19.6 Å². The number of thiophene rings is 1. The van der Waals surface area contributed by atoms with Gasteiger partial charge in [0.2, 0.25) is 0 Å². The van der Waals surface area contributed by atoms with Crippen molar-refractivity contribution in [3.8, 4) is 11.5 Å². The number of ether oxygens (including phenoxy) is 2. The van der Waals surface area contributed by atoms with Crippen LogP contribution in [0.5, 0.6) is 11.5 Å². The maximum atomic E-state index is 5.96. The molecule has 0 radical (unpaired) electrons. The molecule has 1 aromatic carbocycles. The van der Waals surface area contributed by atoms with Gasteiger partial charge in [0.1, 0.15) is 6.61 Å². The molecule has 0 saturated carbocycles. The smallest absolute Gasteiger partial charge is 0.175 e. The molecule has 2 aromatic rings. The predicted octanol–water partition coefficient (Wildman–Crippen LogP) is 4.51. The van der Waals surface area contributed by atoms with Gasteiger partial charge in [-0.15, -0.1) is 11.3 Å². The average Bonchev–Trinajstić information content (AvgIpc) is 2.94. The van der Waals surface area contributed by atoms with Gasteiger partial charge in [0, 0.05) is 16.3 Å². The molecule has 21 heavy (non-hydrogen) atoms. The standard InChI is InChI=1S/C16H20BrNO2S/c1-3-12-5-6-13(21-12)10-20-16-14(17)7-11(9-18)8-15(16)19-4-2/h5-8H,3-4,9-10,18H2,1-2H3. The van der Waals surface area contributed by atoms with Crippen LogP contribution >= 0.6 is 27.3 Å². The maximum Gasteiger partial charge on any atom is 0.175 e. The molecule has 0 bridgehead atoms. The molecule has 0 fully saturated rings. The summed E-state index contributed by atoms with van der Waals surface area (Å²) in [5.74, 6) is 1.47. The predicted molar refractivity (Wildman–Crippen MR) is 91.2 cm³/mol. The van der Waals surface area contributed by atoms with Gasteiger partial charge in [-0.05, 0) is 59.1 Å². The summed E-state index contributed by atoms with van der Waals surface area (Å²) in [5, 5.41) is 0. The summed E-state index contributed by atoms with van der Waals surface area (Å²) in [4.78, 5) is 2.58. The number of benzene rings is 1. The van der Waals surface area contributed by atoms with Crippen LogP contribution in [0, 0.1) is 0 Å². The van der Waals surface area contributed by atoms with Gasteiger partial charge in [-0.2, -0.15) is 0 Å². The van der Waals surface area contributed by atoms with Crippen LogP contribution in [0.25, 0.3) is 0 Å². The van der Waals surface area contributed by atoms with Gasteiger partial charge < -0.3 is 15.2 Å². The van der Waals surface area contributed by atoms with Crippen molar-refractivity contribution in [3.63, 3.8) is 0 Å². The van der Waals surface area contributed by atoms with E-state index >= 15 is 0 Å². The highest BCUT2D eigenvalue weighted by Crippen LogP contribution is 2.37. The van der Waals surface area contributed by atoms with E-state index in [2.05, 4.69) is 35.0 Å². The Labute approximate surface area is 138 Å². The highest BCUT2D eigenvalue weighted by Gasteiger charge is 2.12. The second-order valence-electron chi connectivity index (χ2n) is 4.55. The minimum Gasteiger partial charge on any atom is -0.490 e. The third-order valence-corrected chi connectivity index (χ3v) is 4.82. The molecule has 0 atom stereocenters. The van der Waals surface area contributed by atoms with Crippen molar-refractivity contribution in [2.75, 3.05) is 6.61 Å². The lowest BCUT2D eigenvalue weighted by Gasteiger charge is -2.14. The van der Waals surface area contributed by atoms with Gasteiger partial charge in [0.25, 0.3) is 0 Å². The number of hydrogen-bond acceptors (Lipinski definition) is 4. The van der Waals surface area contributed by atoms with E-state index in [1.807, 2.05) is 19.1 Å². The van der Waals surface area contributed by atoms with Crippen LogP contribution in [0.3, 0.4) is 0 Å². The fourth-order valence-corrected chi connectivity index (χ4v) is 3.45. The Morgan fingerprint density at radius 1 is 1.14 bits per heavy atom. The van der Waals surface area contributed by atoms with Crippen LogP contribution in [0.15, 0.2) is 28.7 Å². The van der Waals surface area contributed by atoms with E-state index in [1.165, 1.54) is 9.75 Å². The van der Waals surface area contributed by atoms with Crippen molar-refractivity contribution in [2.45, 2.75) is 33.4 Å². The van der Waals surface area contributed by atoms with E-state index in [0.29, 0.717) is 19.8 Å². The highest BCUT2D eigenvalue weighted by atomic mass is 79.9. The van der Waals surface area contributed by atoms with Gasteiger partial charge >= 0.3 is 0 Å². The molecule has 0 aliphatic rings. The molecule has 0 aliphatic carbocycles. The van der Waals surface area contributed by atoms with Crippen molar-refractivity contribution >= 4 is 27.3 Å². The Morgan fingerprint density at radius 3 is 2.52 bits per heavy atom. The fraction of sp³-hybridized carbons (Fsp3) is 0.375. The molecule has 1 aromatic heterocycles. The first-order valence-electron chi connectivity index (χ1n) is 7.03. The molecule has 3 nitrogen and oxygen atoms in total. The molecule has 0 spiro atoms. The molecular formula is C16H20BrNO2S. The zero-order valence-corrected chi connectivity index (χ0v) is 14.7. The van der Waals surface area contributed by atoms with E-state index in [4.69, 9.17) is 15.2 Å².